The minimum atomic E-state index is -0.00822. The highest BCUT2D eigenvalue weighted by Gasteiger charge is 1.98. The monoisotopic (exact) mass is 182 g/mol. The summed E-state index contributed by atoms with van der Waals surface area (Å²) in [5.41, 5.74) is 0. The normalized spacial score (nSPS) is 9.69. The first-order valence-corrected chi connectivity index (χ1v) is 4.17. The third-order valence-electron chi connectivity index (χ3n) is 1.67. The molecule has 0 saturated carbocycles. The molecule has 0 aliphatic heterocycles. The van der Waals surface area contributed by atoms with Crippen LogP contribution in [0.4, 0.5) is 5.95 Å². The predicted molar refractivity (Wildman–Crippen MR) is 50.5 cm³/mol. The van der Waals surface area contributed by atoms with E-state index in [4.69, 9.17) is 0 Å². The van der Waals surface area contributed by atoms with Gasteiger partial charge in [-0.25, -0.2) is 4.98 Å². The van der Waals surface area contributed by atoms with Crippen LogP contribution in [0.5, 0.6) is 0 Å². The zero-order chi connectivity index (χ0) is 9.68. The molecule has 0 aliphatic rings. The second-order valence-electron chi connectivity index (χ2n) is 2.68. The van der Waals surface area contributed by atoms with Crippen molar-refractivity contribution in [2.75, 3.05) is 18.9 Å². The number of nitrogens with zero attached hydrogens (tertiary/aromatic N) is 2. The molecule has 1 heterocycles. The Morgan fingerprint density at radius 3 is 3.08 bits per heavy atom. The van der Waals surface area contributed by atoms with Crippen molar-refractivity contribution in [1.82, 2.24) is 14.9 Å². The zero-order valence-electron chi connectivity index (χ0n) is 7.87. The molecule has 1 amide bonds. The number of rotatable bonds is 4. The molecule has 5 nitrogen and oxygen atoms in total. The van der Waals surface area contributed by atoms with E-state index in [0.29, 0.717) is 6.54 Å². The summed E-state index contributed by atoms with van der Waals surface area (Å²) in [5.74, 6) is 0.802. The van der Waals surface area contributed by atoms with Crippen LogP contribution in [0.2, 0.25) is 0 Å². The fraction of sp³-hybridized carbons (Fsp3) is 0.500. The van der Waals surface area contributed by atoms with E-state index in [1.807, 2.05) is 17.8 Å². The number of nitrogens with one attached hydrogen (secondary N) is 2. The highest BCUT2D eigenvalue weighted by molar-refractivity contribution is 5.72. The molecule has 0 radical (unpaired) electrons. The molecule has 2 N–H and O–H groups in total. The molecule has 13 heavy (non-hydrogen) atoms. The molecule has 1 aromatic rings. The van der Waals surface area contributed by atoms with E-state index in [-0.39, 0.29) is 5.91 Å². The lowest BCUT2D eigenvalue weighted by Gasteiger charge is -2.06. The van der Waals surface area contributed by atoms with Crippen molar-refractivity contribution in [3.63, 3.8) is 0 Å². The van der Waals surface area contributed by atoms with E-state index in [0.717, 1.165) is 12.5 Å². The molecule has 0 bridgehead atoms. The van der Waals surface area contributed by atoms with Gasteiger partial charge in [0.1, 0.15) is 0 Å². The van der Waals surface area contributed by atoms with Gasteiger partial charge < -0.3 is 15.2 Å². The minimum absolute atomic E-state index is 0.00822. The van der Waals surface area contributed by atoms with Gasteiger partial charge in [0.2, 0.25) is 11.9 Å². The van der Waals surface area contributed by atoms with Gasteiger partial charge in [0.05, 0.1) is 0 Å². The van der Waals surface area contributed by atoms with Gasteiger partial charge in [0.15, 0.2) is 0 Å². The van der Waals surface area contributed by atoms with E-state index >= 15 is 0 Å². The van der Waals surface area contributed by atoms with Gasteiger partial charge in [-0.1, -0.05) is 0 Å². The topological polar surface area (TPSA) is 59.0 Å². The first-order chi connectivity index (χ1) is 6.24. The summed E-state index contributed by atoms with van der Waals surface area (Å²) < 4.78 is 1.94. The number of hydrogen-bond donors (Lipinski definition) is 2. The molecule has 0 aliphatic carbocycles. The van der Waals surface area contributed by atoms with Crippen molar-refractivity contribution in [2.24, 2.45) is 0 Å². The Bertz CT molecular complexity index is 281. The number of carbonyl (C=O) groups is 1. The maximum atomic E-state index is 10.6. The summed E-state index contributed by atoms with van der Waals surface area (Å²) in [6.45, 7) is 2.86. The van der Waals surface area contributed by atoms with E-state index in [1.54, 1.807) is 6.20 Å². The minimum Gasteiger partial charge on any atom is -0.359 e. The molecule has 0 saturated heterocycles. The Morgan fingerprint density at radius 1 is 1.69 bits per heavy atom. The standard InChI is InChI=1S/C8H14N4O/c1-7(13)10-3-5-12-6-4-11-8(12)9-2/h4,6H,3,5H2,1-2H3,(H,9,11)(H,10,13). The van der Waals surface area contributed by atoms with Gasteiger partial charge >= 0.3 is 0 Å². The van der Waals surface area contributed by atoms with Crippen molar-refractivity contribution in [3.05, 3.63) is 12.4 Å². The van der Waals surface area contributed by atoms with Gasteiger partial charge in [-0.3, -0.25) is 4.79 Å². The Morgan fingerprint density at radius 2 is 2.46 bits per heavy atom. The van der Waals surface area contributed by atoms with Gasteiger partial charge in [-0.05, 0) is 0 Å². The Kier molecular flexibility index (Phi) is 3.31. The second-order valence-corrected chi connectivity index (χ2v) is 2.68. The molecular formula is C8H14N4O. The van der Waals surface area contributed by atoms with Crippen LogP contribution >= 0.6 is 0 Å². The first kappa shape index (κ1) is 9.57. The lowest BCUT2D eigenvalue weighted by atomic mass is 10.5. The molecular weight excluding hydrogens is 168 g/mol. The number of amides is 1. The van der Waals surface area contributed by atoms with Crippen LogP contribution in [0.3, 0.4) is 0 Å². The highest BCUT2D eigenvalue weighted by Crippen LogP contribution is 2.01. The van der Waals surface area contributed by atoms with E-state index < -0.39 is 0 Å². The van der Waals surface area contributed by atoms with Gasteiger partial charge in [-0.2, -0.15) is 0 Å². The molecule has 5 heteroatoms. The fourth-order valence-electron chi connectivity index (χ4n) is 1.07. The van der Waals surface area contributed by atoms with Crippen LogP contribution < -0.4 is 10.6 Å². The largest absolute Gasteiger partial charge is 0.359 e. The summed E-state index contributed by atoms with van der Waals surface area (Å²) >= 11 is 0. The smallest absolute Gasteiger partial charge is 0.216 e. The third kappa shape index (κ3) is 2.77. The molecule has 72 valence electrons. The average molecular weight is 182 g/mol. The number of carbonyl (C=O) groups excluding carboxylic acids is 1. The first-order valence-electron chi connectivity index (χ1n) is 4.17. The quantitative estimate of drug-likeness (QED) is 0.692. The van der Waals surface area contributed by atoms with Gasteiger partial charge in [0, 0.05) is 39.5 Å². The maximum Gasteiger partial charge on any atom is 0.216 e. The maximum absolute atomic E-state index is 10.6. The molecule has 0 atom stereocenters. The molecule has 0 fully saturated rings. The van der Waals surface area contributed by atoms with Crippen molar-refractivity contribution < 1.29 is 4.79 Å². The lowest BCUT2D eigenvalue weighted by Crippen LogP contribution is -2.24. The van der Waals surface area contributed by atoms with E-state index in [9.17, 15) is 4.79 Å². The van der Waals surface area contributed by atoms with Crippen LogP contribution in [-0.4, -0.2) is 29.1 Å². The summed E-state index contributed by atoms with van der Waals surface area (Å²) in [5, 5.41) is 5.67. The molecule has 0 aromatic carbocycles. The lowest BCUT2D eigenvalue weighted by molar-refractivity contribution is -0.118. The van der Waals surface area contributed by atoms with E-state index in [2.05, 4.69) is 15.6 Å². The molecule has 0 unspecified atom stereocenters. The molecule has 1 aromatic heterocycles. The third-order valence-corrected chi connectivity index (χ3v) is 1.67. The summed E-state index contributed by atoms with van der Waals surface area (Å²) in [7, 11) is 1.82. The van der Waals surface area contributed by atoms with Crippen molar-refractivity contribution >= 4 is 11.9 Å². The molecule has 1 rings (SSSR count). The average Bonchev–Trinajstić information content (AvgIpc) is 2.51. The van der Waals surface area contributed by atoms with Crippen LogP contribution in [0.1, 0.15) is 6.92 Å². The Balaban J connectivity index is 2.40. The van der Waals surface area contributed by atoms with Crippen molar-refractivity contribution in [3.8, 4) is 0 Å². The zero-order valence-corrected chi connectivity index (χ0v) is 7.87. The van der Waals surface area contributed by atoms with Crippen LogP contribution in [0.25, 0.3) is 0 Å². The number of aromatic nitrogens is 2. The van der Waals surface area contributed by atoms with Crippen LogP contribution in [0, 0.1) is 0 Å². The summed E-state index contributed by atoms with van der Waals surface area (Å²) in [6.07, 6.45) is 3.59. The Hall–Kier alpha value is -1.52. The number of anilines is 1. The SMILES string of the molecule is CNc1nccn1CCNC(C)=O. The van der Waals surface area contributed by atoms with Crippen LogP contribution in [-0.2, 0) is 11.3 Å². The second kappa shape index (κ2) is 4.49. The van der Waals surface area contributed by atoms with Crippen molar-refractivity contribution in [1.29, 1.82) is 0 Å². The number of hydrogen-bond acceptors (Lipinski definition) is 3. The molecule has 0 spiro atoms. The predicted octanol–water partition coefficient (Wildman–Crippen LogP) is 0.0609. The fourth-order valence-corrected chi connectivity index (χ4v) is 1.07. The highest BCUT2D eigenvalue weighted by atomic mass is 16.1. The van der Waals surface area contributed by atoms with Gasteiger partial charge in [0.25, 0.3) is 0 Å². The van der Waals surface area contributed by atoms with Gasteiger partial charge in [-0.15, -0.1) is 0 Å². The number of imidazole rings is 1. The summed E-state index contributed by atoms with van der Waals surface area (Å²) in [4.78, 5) is 14.6. The summed E-state index contributed by atoms with van der Waals surface area (Å²) in [6, 6.07) is 0. The van der Waals surface area contributed by atoms with Crippen LogP contribution in [0.15, 0.2) is 12.4 Å². The Labute approximate surface area is 77.2 Å². The van der Waals surface area contributed by atoms with Crippen molar-refractivity contribution in [2.45, 2.75) is 13.5 Å². The van der Waals surface area contributed by atoms with E-state index in [1.165, 1.54) is 6.92 Å².